The summed E-state index contributed by atoms with van der Waals surface area (Å²) in [5.41, 5.74) is 14.4. The quantitative estimate of drug-likeness (QED) is 0.126. The van der Waals surface area contributed by atoms with Crippen molar-refractivity contribution in [2.45, 2.75) is 20.5 Å². The average molecular weight is 751 g/mol. The predicted molar refractivity (Wildman–Crippen MR) is 247 cm³/mol. The second-order valence-corrected chi connectivity index (χ2v) is 14.5. The molecule has 0 aliphatic carbocycles. The van der Waals surface area contributed by atoms with Crippen LogP contribution in [-0.2, 0) is 6.61 Å². The fourth-order valence-electron chi connectivity index (χ4n) is 7.28. The highest BCUT2D eigenvalue weighted by Crippen LogP contribution is 2.38. The minimum atomic E-state index is -0.000238. The maximum Gasteiger partial charge on any atom is 0.0681 e. The molecule has 8 aromatic rings. The van der Waals surface area contributed by atoms with Crippen LogP contribution >= 0.6 is 0 Å². The van der Waals surface area contributed by atoms with Gasteiger partial charge in [0.25, 0.3) is 0 Å². The first-order valence-electron chi connectivity index (χ1n) is 19.8. The van der Waals surface area contributed by atoms with Crippen LogP contribution in [0, 0.1) is 13.8 Å². The first-order chi connectivity index (χ1) is 28.5. The molecule has 0 radical (unpaired) electrons. The van der Waals surface area contributed by atoms with Crippen molar-refractivity contribution in [2.24, 2.45) is 0 Å². The standard InChI is InChI=1S/C55H46N2O/c1-41-21-30-49(31-22-41)57(50-32-23-42(2)24-33-50)51-36-25-43(26-37-51)13-9-10-18-47-29-38-55(53-20-12-11-19-52(47)53)56(48-34-27-44(40-58)28-35-48)39-54(45-14-5-3-6-15-45)46-16-7-4-8-17-46/h3-39,58H,40H2,1-2H3/b13-9+,18-10+. The summed E-state index contributed by atoms with van der Waals surface area (Å²) in [6.45, 7) is 4.24. The number of hydrogen-bond donors (Lipinski definition) is 1. The Morgan fingerprint density at radius 2 is 0.948 bits per heavy atom. The lowest BCUT2D eigenvalue weighted by Gasteiger charge is -2.26. The fraction of sp³-hybridized carbons (Fsp3) is 0.0545. The molecule has 0 saturated carbocycles. The van der Waals surface area contributed by atoms with E-state index in [0.717, 1.165) is 72.6 Å². The van der Waals surface area contributed by atoms with E-state index in [1.165, 1.54) is 11.1 Å². The number of rotatable bonds is 12. The van der Waals surface area contributed by atoms with Crippen molar-refractivity contribution in [1.82, 2.24) is 0 Å². The summed E-state index contributed by atoms with van der Waals surface area (Å²) in [7, 11) is 0. The van der Waals surface area contributed by atoms with Crippen molar-refractivity contribution in [1.29, 1.82) is 0 Å². The molecule has 0 unspecified atom stereocenters. The van der Waals surface area contributed by atoms with Crippen LogP contribution in [0.25, 0.3) is 28.5 Å². The van der Waals surface area contributed by atoms with E-state index in [0.29, 0.717) is 0 Å². The average Bonchev–Trinajstić information content (AvgIpc) is 3.28. The van der Waals surface area contributed by atoms with Crippen LogP contribution in [-0.4, -0.2) is 5.11 Å². The highest BCUT2D eigenvalue weighted by atomic mass is 16.3. The van der Waals surface area contributed by atoms with Crippen LogP contribution < -0.4 is 9.80 Å². The van der Waals surface area contributed by atoms with Gasteiger partial charge in [0.1, 0.15) is 0 Å². The zero-order chi connectivity index (χ0) is 39.7. The summed E-state index contributed by atoms with van der Waals surface area (Å²) in [5.74, 6) is 0. The Kier molecular flexibility index (Phi) is 11.5. The summed E-state index contributed by atoms with van der Waals surface area (Å²) >= 11 is 0. The summed E-state index contributed by atoms with van der Waals surface area (Å²) in [6, 6.07) is 68.3. The van der Waals surface area contributed by atoms with Crippen molar-refractivity contribution >= 4 is 56.9 Å². The Balaban J connectivity index is 1.11. The molecule has 0 fully saturated rings. The molecule has 0 spiro atoms. The lowest BCUT2D eigenvalue weighted by atomic mass is 9.97. The summed E-state index contributed by atoms with van der Waals surface area (Å²) in [4.78, 5) is 4.57. The zero-order valence-electron chi connectivity index (χ0n) is 32.9. The number of aliphatic hydroxyl groups is 1. The van der Waals surface area contributed by atoms with Crippen molar-refractivity contribution in [2.75, 3.05) is 9.80 Å². The molecule has 0 bridgehead atoms. The van der Waals surface area contributed by atoms with Gasteiger partial charge in [-0.3, -0.25) is 0 Å². The predicted octanol–water partition coefficient (Wildman–Crippen LogP) is 14.4. The van der Waals surface area contributed by atoms with Gasteiger partial charge >= 0.3 is 0 Å². The van der Waals surface area contributed by atoms with Gasteiger partial charge in [-0.2, -0.15) is 0 Å². The summed E-state index contributed by atoms with van der Waals surface area (Å²) < 4.78 is 0. The molecule has 0 amide bonds. The molecule has 0 heterocycles. The lowest BCUT2D eigenvalue weighted by molar-refractivity contribution is 0.282. The number of fused-ring (bicyclic) bond motifs is 1. The van der Waals surface area contributed by atoms with Crippen molar-refractivity contribution in [3.63, 3.8) is 0 Å². The third kappa shape index (κ3) is 8.61. The number of aryl methyl sites for hydroxylation is 2. The fourth-order valence-corrected chi connectivity index (χ4v) is 7.28. The normalized spacial score (nSPS) is 11.3. The van der Waals surface area contributed by atoms with E-state index in [4.69, 9.17) is 0 Å². The van der Waals surface area contributed by atoms with Gasteiger partial charge < -0.3 is 14.9 Å². The largest absolute Gasteiger partial charge is 0.392 e. The van der Waals surface area contributed by atoms with Crippen LogP contribution in [0.1, 0.15) is 38.9 Å². The minimum Gasteiger partial charge on any atom is -0.392 e. The molecule has 0 aromatic heterocycles. The van der Waals surface area contributed by atoms with Gasteiger partial charge in [-0.1, -0.05) is 175 Å². The molecule has 0 atom stereocenters. The maximum atomic E-state index is 9.84. The van der Waals surface area contributed by atoms with Gasteiger partial charge in [0, 0.05) is 39.9 Å². The zero-order valence-corrected chi connectivity index (χ0v) is 32.9. The van der Waals surface area contributed by atoms with Crippen LogP contribution in [0.4, 0.5) is 28.4 Å². The summed E-state index contributed by atoms with van der Waals surface area (Å²) in [5, 5.41) is 12.1. The molecule has 8 aromatic carbocycles. The third-order valence-corrected chi connectivity index (χ3v) is 10.4. The van der Waals surface area contributed by atoms with E-state index in [9.17, 15) is 5.11 Å². The number of hydrogen-bond acceptors (Lipinski definition) is 3. The molecule has 58 heavy (non-hydrogen) atoms. The second kappa shape index (κ2) is 17.7. The smallest absolute Gasteiger partial charge is 0.0681 e. The Morgan fingerprint density at radius 3 is 1.50 bits per heavy atom. The lowest BCUT2D eigenvalue weighted by Crippen LogP contribution is -2.11. The molecular formula is C55H46N2O. The molecule has 0 aliphatic rings. The number of anilines is 5. The molecular weight excluding hydrogens is 705 g/mol. The van der Waals surface area contributed by atoms with Gasteiger partial charge in [0.2, 0.25) is 0 Å². The van der Waals surface area contributed by atoms with Crippen LogP contribution in [0.15, 0.2) is 212 Å². The molecule has 8 rings (SSSR count). The number of allylic oxidation sites excluding steroid dienone is 2. The highest BCUT2D eigenvalue weighted by molar-refractivity contribution is 6.02. The van der Waals surface area contributed by atoms with Crippen molar-refractivity contribution in [3.8, 4) is 0 Å². The molecule has 3 heteroatoms. The van der Waals surface area contributed by atoms with E-state index < -0.39 is 0 Å². The van der Waals surface area contributed by atoms with E-state index in [2.05, 4.69) is 236 Å². The molecule has 1 N–H and O–H groups in total. The van der Waals surface area contributed by atoms with Gasteiger partial charge in [0.15, 0.2) is 0 Å². The van der Waals surface area contributed by atoms with Gasteiger partial charge in [-0.05, 0) is 102 Å². The maximum absolute atomic E-state index is 9.84. The molecule has 0 aliphatic heterocycles. The SMILES string of the molecule is Cc1ccc(N(c2ccc(C)cc2)c2ccc(/C=C/C=C/c3ccc(N(C=C(c4ccccc4)c4ccccc4)c4ccc(CO)cc4)c4ccccc34)cc2)cc1. The number of benzene rings is 8. The molecule has 3 nitrogen and oxygen atoms in total. The number of nitrogens with zero attached hydrogens (tertiary/aromatic N) is 2. The minimum absolute atomic E-state index is 0.000238. The second-order valence-electron chi connectivity index (χ2n) is 14.5. The number of aliphatic hydroxyl groups excluding tert-OH is 1. The van der Waals surface area contributed by atoms with Crippen LogP contribution in [0.5, 0.6) is 0 Å². The monoisotopic (exact) mass is 750 g/mol. The van der Waals surface area contributed by atoms with Gasteiger partial charge in [0.05, 0.1) is 12.3 Å². The summed E-state index contributed by atoms with van der Waals surface area (Å²) in [6.07, 6.45) is 10.8. The highest BCUT2D eigenvalue weighted by Gasteiger charge is 2.16. The van der Waals surface area contributed by atoms with E-state index in [1.54, 1.807) is 0 Å². The van der Waals surface area contributed by atoms with Gasteiger partial charge in [-0.25, -0.2) is 0 Å². The first kappa shape index (κ1) is 37.7. The molecule has 0 saturated heterocycles. The topological polar surface area (TPSA) is 26.7 Å². The van der Waals surface area contributed by atoms with Crippen molar-refractivity contribution < 1.29 is 5.11 Å². The first-order valence-corrected chi connectivity index (χ1v) is 19.8. The van der Waals surface area contributed by atoms with Gasteiger partial charge in [-0.15, -0.1) is 0 Å². The van der Waals surface area contributed by atoms with Crippen LogP contribution in [0.2, 0.25) is 0 Å². The van der Waals surface area contributed by atoms with E-state index in [1.807, 2.05) is 12.1 Å². The van der Waals surface area contributed by atoms with Crippen molar-refractivity contribution in [3.05, 3.63) is 251 Å². The van der Waals surface area contributed by atoms with Crippen LogP contribution in [0.3, 0.4) is 0 Å². The Morgan fingerprint density at radius 1 is 0.466 bits per heavy atom. The Labute approximate surface area is 342 Å². The van der Waals surface area contributed by atoms with E-state index >= 15 is 0 Å². The van der Waals surface area contributed by atoms with E-state index in [-0.39, 0.29) is 6.61 Å². The molecule has 282 valence electrons. The Bertz CT molecular complexity index is 2590. The third-order valence-electron chi connectivity index (χ3n) is 10.4. The Hall–Kier alpha value is -7.20.